The molecule has 5 rings (SSSR count). The van der Waals surface area contributed by atoms with Gasteiger partial charge in [0.05, 0.1) is 11.4 Å². The highest BCUT2D eigenvalue weighted by Crippen LogP contribution is 2.25. The minimum atomic E-state index is 0.667. The Hall–Kier alpha value is -5.21. The molecule has 2 heteroatoms. The average molecular weight is 531 g/mol. The number of nitrogens with zero attached hydrogens (tertiary/aromatic N) is 1. The Morgan fingerprint density at radius 2 is 0.976 bits per heavy atom. The molecule has 0 aliphatic carbocycles. The minimum absolute atomic E-state index is 0.667. The highest BCUT2D eigenvalue weighted by molar-refractivity contribution is 6.12. The summed E-state index contributed by atoms with van der Waals surface area (Å²) in [6.45, 7) is 4.20. The van der Waals surface area contributed by atoms with Crippen molar-refractivity contribution >= 4 is 22.7 Å². The molecule has 0 amide bonds. The normalized spacial score (nSPS) is 12.8. The van der Waals surface area contributed by atoms with Crippen LogP contribution in [0.3, 0.4) is 0 Å². The predicted octanol–water partition coefficient (Wildman–Crippen LogP) is 10.1. The van der Waals surface area contributed by atoms with Crippen molar-refractivity contribution in [3.63, 3.8) is 0 Å². The summed E-state index contributed by atoms with van der Waals surface area (Å²) in [6, 6.07) is 47.8. The molecule has 2 nitrogen and oxygen atoms in total. The average Bonchev–Trinajstić information content (AvgIpc) is 3.04. The largest absolute Gasteiger partial charge is 0.398 e. The number of allylic oxidation sites excluding steroid dienone is 5. The molecular formula is C39H34N2. The van der Waals surface area contributed by atoms with E-state index in [1.807, 2.05) is 24.3 Å². The van der Waals surface area contributed by atoms with Gasteiger partial charge in [-0.1, -0.05) is 140 Å². The maximum absolute atomic E-state index is 6.66. The molecule has 41 heavy (non-hydrogen) atoms. The van der Waals surface area contributed by atoms with Crippen LogP contribution in [0.25, 0.3) is 33.5 Å². The molecule has 0 atom stereocenters. The van der Waals surface area contributed by atoms with Crippen molar-refractivity contribution in [3.8, 4) is 22.3 Å². The van der Waals surface area contributed by atoms with Crippen LogP contribution >= 0.6 is 0 Å². The minimum Gasteiger partial charge on any atom is -0.398 e. The van der Waals surface area contributed by atoms with E-state index in [-0.39, 0.29) is 0 Å². The number of rotatable bonds is 8. The van der Waals surface area contributed by atoms with Gasteiger partial charge in [-0.05, 0) is 76.6 Å². The zero-order valence-electron chi connectivity index (χ0n) is 23.5. The first-order chi connectivity index (χ1) is 20.1. The van der Waals surface area contributed by atoms with Crippen LogP contribution in [-0.4, -0.2) is 5.71 Å². The van der Waals surface area contributed by atoms with Crippen molar-refractivity contribution in [2.75, 3.05) is 0 Å². The van der Waals surface area contributed by atoms with Gasteiger partial charge in [-0.3, -0.25) is 0 Å². The lowest BCUT2D eigenvalue weighted by Crippen LogP contribution is -2.03. The molecule has 200 valence electrons. The second-order valence-electron chi connectivity index (χ2n) is 10.0. The standard InChI is InChI=1S/C39H34N2/c1-29(31-12-6-3-7-13-31)18-19-30(2)39(41-37-26-24-35(25-27-37)33-16-10-5-11-17-33)28-38(40)36-22-20-34(21-23-36)32-14-8-4-9-15-32/h3-28H,40H2,1-2H3/b29-18+,30-19+,38-28-,41-39?. The molecule has 0 aromatic heterocycles. The van der Waals surface area contributed by atoms with Gasteiger partial charge in [0.15, 0.2) is 0 Å². The molecule has 0 aliphatic heterocycles. The SMILES string of the molecule is C/C(=C\C=C(/C)c1ccccc1)C(/C=C(\N)c1ccc(-c2ccccc2)cc1)=Nc1ccc(-c2ccccc2)cc1. The fraction of sp³-hybridized carbons (Fsp3) is 0.0513. The number of hydrogen-bond acceptors (Lipinski definition) is 2. The lowest BCUT2D eigenvalue weighted by molar-refractivity contribution is 1.46. The fourth-order valence-electron chi connectivity index (χ4n) is 4.58. The summed E-state index contributed by atoms with van der Waals surface area (Å²) in [5.41, 5.74) is 18.1. The first-order valence-corrected chi connectivity index (χ1v) is 13.8. The van der Waals surface area contributed by atoms with Crippen LogP contribution in [0, 0.1) is 0 Å². The summed E-state index contributed by atoms with van der Waals surface area (Å²) in [4.78, 5) is 5.04. The van der Waals surface area contributed by atoms with E-state index >= 15 is 0 Å². The Labute approximate surface area is 243 Å². The van der Waals surface area contributed by atoms with Crippen molar-refractivity contribution in [3.05, 3.63) is 174 Å². The van der Waals surface area contributed by atoms with Crippen molar-refractivity contribution in [2.45, 2.75) is 13.8 Å². The third-order valence-corrected chi connectivity index (χ3v) is 7.06. The van der Waals surface area contributed by atoms with Crippen LogP contribution < -0.4 is 5.73 Å². The van der Waals surface area contributed by atoms with Gasteiger partial charge in [-0.2, -0.15) is 0 Å². The lowest BCUT2D eigenvalue weighted by Gasteiger charge is -2.08. The molecule has 5 aromatic carbocycles. The Balaban J connectivity index is 1.48. The van der Waals surface area contributed by atoms with E-state index in [4.69, 9.17) is 10.7 Å². The fourth-order valence-corrected chi connectivity index (χ4v) is 4.58. The lowest BCUT2D eigenvalue weighted by atomic mass is 10.0. The van der Waals surface area contributed by atoms with Gasteiger partial charge >= 0.3 is 0 Å². The zero-order valence-corrected chi connectivity index (χ0v) is 23.5. The van der Waals surface area contributed by atoms with E-state index in [0.29, 0.717) is 5.70 Å². The Morgan fingerprint density at radius 1 is 0.512 bits per heavy atom. The monoisotopic (exact) mass is 530 g/mol. The summed E-state index contributed by atoms with van der Waals surface area (Å²) in [5.74, 6) is 0. The van der Waals surface area contributed by atoms with E-state index in [9.17, 15) is 0 Å². The number of hydrogen-bond donors (Lipinski definition) is 1. The summed E-state index contributed by atoms with van der Waals surface area (Å²) < 4.78 is 0. The van der Waals surface area contributed by atoms with Crippen molar-refractivity contribution < 1.29 is 0 Å². The van der Waals surface area contributed by atoms with Gasteiger partial charge in [0, 0.05) is 5.70 Å². The van der Waals surface area contributed by atoms with Gasteiger partial charge in [0.25, 0.3) is 0 Å². The van der Waals surface area contributed by atoms with Gasteiger partial charge in [-0.25, -0.2) is 4.99 Å². The van der Waals surface area contributed by atoms with E-state index in [1.165, 1.54) is 22.3 Å². The van der Waals surface area contributed by atoms with Crippen LogP contribution in [0.1, 0.15) is 25.0 Å². The van der Waals surface area contributed by atoms with Crippen LogP contribution in [0.15, 0.2) is 168 Å². The third-order valence-electron chi connectivity index (χ3n) is 7.06. The summed E-state index contributed by atoms with van der Waals surface area (Å²) in [5, 5.41) is 0. The highest BCUT2D eigenvalue weighted by atomic mass is 14.7. The molecule has 5 aromatic rings. The first kappa shape index (κ1) is 27.4. The molecule has 0 aliphatic rings. The van der Waals surface area contributed by atoms with Crippen molar-refractivity contribution in [1.29, 1.82) is 0 Å². The van der Waals surface area contributed by atoms with Gasteiger partial charge in [0.2, 0.25) is 0 Å². The molecule has 0 spiro atoms. The van der Waals surface area contributed by atoms with Crippen LogP contribution in [0.2, 0.25) is 0 Å². The number of benzene rings is 5. The molecule has 0 saturated carbocycles. The molecule has 0 bridgehead atoms. The molecule has 0 unspecified atom stereocenters. The maximum atomic E-state index is 6.66. The highest BCUT2D eigenvalue weighted by Gasteiger charge is 2.06. The summed E-state index contributed by atoms with van der Waals surface area (Å²) in [6.07, 6.45) is 6.22. The molecule has 0 fully saturated rings. The van der Waals surface area contributed by atoms with Crippen LogP contribution in [0.4, 0.5) is 5.69 Å². The predicted molar refractivity (Wildman–Crippen MR) is 177 cm³/mol. The molecular weight excluding hydrogens is 496 g/mol. The molecule has 2 N–H and O–H groups in total. The van der Waals surface area contributed by atoms with E-state index < -0.39 is 0 Å². The van der Waals surface area contributed by atoms with Gasteiger partial charge < -0.3 is 5.73 Å². The van der Waals surface area contributed by atoms with E-state index in [1.54, 1.807) is 0 Å². The third kappa shape index (κ3) is 7.26. The summed E-state index contributed by atoms with van der Waals surface area (Å²) >= 11 is 0. The van der Waals surface area contributed by atoms with E-state index in [2.05, 4.69) is 147 Å². The molecule has 0 heterocycles. The smallest absolute Gasteiger partial charge is 0.0686 e. The quantitative estimate of drug-likeness (QED) is 0.157. The molecule has 0 saturated heterocycles. The summed E-state index contributed by atoms with van der Waals surface area (Å²) in [7, 11) is 0. The first-order valence-electron chi connectivity index (χ1n) is 13.8. The topological polar surface area (TPSA) is 38.4 Å². The van der Waals surface area contributed by atoms with Crippen molar-refractivity contribution in [1.82, 2.24) is 0 Å². The Kier molecular flexibility index (Phi) is 8.83. The van der Waals surface area contributed by atoms with E-state index in [0.717, 1.165) is 33.7 Å². The Bertz CT molecular complexity index is 1690. The van der Waals surface area contributed by atoms with Gasteiger partial charge in [0.1, 0.15) is 0 Å². The van der Waals surface area contributed by atoms with Gasteiger partial charge in [-0.15, -0.1) is 0 Å². The molecule has 0 radical (unpaired) electrons. The maximum Gasteiger partial charge on any atom is 0.0686 e. The number of aliphatic imine (C=N–C) groups is 1. The van der Waals surface area contributed by atoms with Crippen molar-refractivity contribution in [2.24, 2.45) is 10.7 Å². The number of nitrogens with two attached hydrogens (primary N) is 1. The second kappa shape index (κ2) is 13.2. The Morgan fingerprint density at radius 3 is 1.51 bits per heavy atom. The van der Waals surface area contributed by atoms with Crippen LogP contribution in [0.5, 0.6) is 0 Å². The zero-order chi connectivity index (χ0) is 28.4. The van der Waals surface area contributed by atoms with Crippen LogP contribution in [-0.2, 0) is 0 Å². The second-order valence-corrected chi connectivity index (χ2v) is 10.0.